The monoisotopic (exact) mass is 475 g/mol. The third kappa shape index (κ3) is 4.38. The van der Waals surface area contributed by atoms with Gasteiger partial charge in [0.2, 0.25) is 0 Å². The molecule has 0 aliphatic heterocycles. The summed E-state index contributed by atoms with van der Waals surface area (Å²) in [5.41, 5.74) is 0.411. The van der Waals surface area contributed by atoms with E-state index < -0.39 is 5.41 Å². The molecule has 2 saturated carbocycles. The molecule has 2 N–H and O–H groups in total. The summed E-state index contributed by atoms with van der Waals surface area (Å²) in [6, 6.07) is 0. The van der Waals surface area contributed by atoms with Crippen molar-refractivity contribution in [2.24, 2.45) is 45.6 Å². The van der Waals surface area contributed by atoms with E-state index in [2.05, 4.69) is 20.8 Å². The summed E-state index contributed by atoms with van der Waals surface area (Å²) in [4.78, 5) is 38.1. The molecule has 5 nitrogen and oxygen atoms in total. The third-order valence-electron chi connectivity index (χ3n) is 9.40. The lowest BCUT2D eigenvalue weighted by Gasteiger charge is -2.54. The lowest BCUT2D eigenvalue weighted by Crippen LogP contribution is -2.49. The number of methoxy groups -OCH3 is 1. The number of carbonyl (C=O) groups is 3. The Hall–Kier alpha value is -1.40. The first-order valence-electron chi connectivity index (χ1n) is 12.6. The first-order valence-corrected chi connectivity index (χ1v) is 13.5. The van der Waals surface area contributed by atoms with Gasteiger partial charge in [0.25, 0.3) is 0 Å². The van der Waals surface area contributed by atoms with Crippen molar-refractivity contribution < 1.29 is 19.1 Å². The summed E-state index contributed by atoms with van der Waals surface area (Å²) in [5.74, 6) is 1.14. The molecule has 0 radical (unpaired) electrons. The summed E-state index contributed by atoms with van der Waals surface area (Å²) in [5, 5.41) is 5.87. The van der Waals surface area contributed by atoms with E-state index in [-0.39, 0.29) is 34.9 Å². The molecule has 0 saturated heterocycles. The van der Waals surface area contributed by atoms with Gasteiger partial charge in [-0.1, -0.05) is 45.8 Å². The molecule has 0 aromatic heterocycles. The fraction of sp³-hybridized carbons (Fsp3) is 0.741. The van der Waals surface area contributed by atoms with Crippen LogP contribution in [-0.4, -0.2) is 25.1 Å². The highest BCUT2D eigenvalue weighted by atomic mass is 32.2. The van der Waals surface area contributed by atoms with Crippen LogP contribution >= 0.6 is 11.9 Å². The number of rotatable bonds is 7. The molecular weight excluding hydrogens is 434 g/mol. The summed E-state index contributed by atoms with van der Waals surface area (Å²) in [7, 11) is 1.51. The van der Waals surface area contributed by atoms with E-state index in [9.17, 15) is 14.4 Å². The van der Waals surface area contributed by atoms with Gasteiger partial charge in [-0.15, -0.1) is 0 Å². The van der Waals surface area contributed by atoms with Crippen LogP contribution < -0.4 is 5.14 Å². The second-order valence-corrected chi connectivity index (χ2v) is 11.3. The van der Waals surface area contributed by atoms with Crippen LogP contribution in [0.25, 0.3) is 0 Å². The lowest BCUT2D eigenvalue weighted by atomic mass is 9.50. The number of ether oxygens (including phenoxy) is 1. The zero-order valence-corrected chi connectivity index (χ0v) is 21.7. The maximum absolute atomic E-state index is 12.9. The Morgan fingerprint density at radius 1 is 1.30 bits per heavy atom. The summed E-state index contributed by atoms with van der Waals surface area (Å²) in [6.07, 6.45) is 12.3. The molecule has 0 spiro atoms. The molecule has 0 amide bonds. The number of nitrogens with two attached hydrogens (primary N) is 1. The highest BCUT2D eigenvalue weighted by Crippen LogP contribution is 2.60. The molecule has 3 aliphatic rings. The van der Waals surface area contributed by atoms with Gasteiger partial charge in [-0.2, -0.15) is 0 Å². The van der Waals surface area contributed by atoms with Crippen molar-refractivity contribution in [3.63, 3.8) is 0 Å². The van der Waals surface area contributed by atoms with E-state index in [0.29, 0.717) is 16.7 Å². The molecule has 7 atom stereocenters. The minimum absolute atomic E-state index is 0.0617. The predicted molar refractivity (Wildman–Crippen MR) is 133 cm³/mol. The van der Waals surface area contributed by atoms with Gasteiger partial charge in [0.15, 0.2) is 5.78 Å². The van der Waals surface area contributed by atoms with Crippen LogP contribution in [0.1, 0.15) is 79.1 Å². The number of hydrogen-bond donors (Lipinski definition) is 1. The molecule has 0 heterocycles. The van der Waals surface area contributed by atoms with Crippen LogP contribution in [0.2, 0.25) is 0 Å². The number of esters is 1. The van der Waals surface area contributed by atoms with Gasteiger partial charge in [0.05, 0.1) is 17.4 Å². The minimum Gasteiger partial charge on any atom is -0.469 e. The second kappa shape index (κ2) is 10.5. The SMILES string of the molecule is CCCC1CC(C2CCC3[C@@H](C)C(=O)C(SN)=C[C@]3(C)/C2=C/C=O)CC[C@]1(CC)C(=O)OC. The number of aldehydes is 1. The Labute approximate surface area is 203 Å². The number of fused-ring (bicyclic) bond motifs is 1. The van der Waals surface area contributed by atoms with Crippen LogP contribution in [0.15, 0.2) is 22.6 Å². The maximum atomic E-state index is 12.9. The van der Waals surface area contributed by atoms with Crippen LogP contribution in [0, 0.1) is 40.4 Å². The topological polar surface area (TPSA) is 86.5 Å². The van der Waals surface area contributed by atoms with E-state index >= 15 is 0 Å². The second-order valence-electron chi connectivity index (χ2n) is 10.6. The average molecular weight is 476 g/mol. The fourth-order valence-electron chi connectivity index (χ4n) is 7.64. The van der Waals surface area contributed by atoms with Crippen molar-refractivity contribution in [1.29, 1.82) is 0 Å². The maximum Gasteiger partial charge on any atom is 0.312 e. The van der Waals surface area contributed by atoms with E-state index in [4.69, 9.17) is 9.88 Å². The molecule has 0 aromatic carbocycles. The van der Waals surface area contributed by atoms with Crippen molar-refractivity contribution >= 4 is 30.0 Å². The van der Waals surface area contributed by atoms with Gasteiger partial charge < -0.3 is 4.74 Å². The van der Waals surface area contributed by atoms with Gasteiger partial charge in [0, 0.05) is 11.3 Å². The molecule has 2 fully saturated rings. The largest absolute Gasteiger partial charge is 0.469 e. The highest BCUT2D eigenvalue weighted by molar-refractivity contribution is 8.01. The van der Waals surface area contributed by atoms with Gasteiger partial charge in [-0.3, -0.25) is 19.5 Å². The zero-order valence-electron chi connectivity index (χ0n) is 20.9. The standard InChI is InChI=1S/C27H41NO4S/c1-6-8-19-15-18(11-13-27(19,7-2)25(31)32-5)20-9-10-21-17(3)24(30)23(33-28)16-26(21,4)22(20)12-14-29/h12,14,16-21H,6-11,13,15,28H2,1-5H3/b22-12+/t17-,18?,19?,20?,21?,26+,27+/m1/s1. The highest BCUT2D eigenvalue weighted by Gasteiger charge is 2.54. The van der Waals surface area contributed by atoms with Crippen molar-refractivity contribution in [3.05, 3.63) is 22.6 Å². The Kier molecular flexibility index (Phi) is 8.32. The third-order valence-corrected chi connectivity index (χ3v) is 9.98. The number of ketones is 1. The smallest absolute Gasteiger partial charge is 0.312 e. The van der Waals surface area contributed by atoms with E-state index in [1.54, 1.807) is 6.08 Å². The first kappa shape index (κ1) is 26.2. The molecule has 33 heavy (non-hydrogen) atoms. The van der Waals surface area contributed by atoms with Crippen LogP contribution in [0.5, 0.6) is 0 Å². The molecule has 4 unspecified atom stereocenters. The van der Waals surface area contributed by atoms with E-state index in [1.807, 2.05) is 13.0 Å². The van der Waals surface area contributed by atoms with Crippen molar-refractivity contribution in [1.82, 2.24) is 0 Å². The Bertz CT molecular complexity index is 836. The van der Waals surface area contributed by atoms with E-state index in [0.717, 1.165) is 75.2 Å². The average Bonchev–Trinajstić information content (AvgIpc) is 2.82. The Morgan fingerprint density at radius 3 is 2.61 bits per heavy atom. The molecular formula is C27H41NO4S. The van der Waals surface area contributed by atoms with Gasteiger partial charge in [-0.05, 0) is 86.6 Å². The Morgan fingerprint density at radius 2 is 2.03 bits per heavy atom. The number of hydrogen-bond acceptors (Lipinski definition) is 6. The number of Topliss-reactive ketones (excluding diaryl/α,β-unsaturated/α-hetero) is 1. The van der Waals surface area contributed by atoms with Crippen LogP contribution in [0.4, 0.5) is 0 Å². The molecule has 184 valence electrons. The van der Waals surface area contributed by atoms with E-state index in [1.165, 1.54) is 7.11 Å². The zero-order chi connectivity index (χ0) is 24.4. The molecule has 3 rings (SSSR count). The summed E-state index contributed by atoms with van der Waals surface area (Å²) >= 11 is 1.03. The minimum atomic E-state index is -0.397. The van der Waals surface area contributed by atoms with Crippen LogP contribution in [0.3, 0.4) is 0 Å². The van der Waals surface area contributed by atoms with Crippen molar-refractivity contribution in [2.75, 3.05) is 7.11 Å². The molecule has 0 aromatic rings. The lowest BCUT2D eigenvalue weighted by molar-refractivity contribution is -0.161. The molecule has 3 aliphatic carbocycles. The number of allylic oxidation sites excluding steroid dienone is 4. The van der Waals surface area contributed by atoms with Gasteiger partial charge in [-0.25, -0.2) is 0 Å². The van der Waals surface area contributed by atoms with Crippen LogP contribution in [-0.2, 0) is 19.1 Å². The first-order chi connectivity index (χ1) is 15.7. The summed E-state index contributed by atoms with van der Waals surface area (Å²) in [6.45, 7) is 8.50. The number of carbonyl (C=O) groups excluding carboxylic acids is 3. The van der Waals surface area contributed by atoms with Crippen molar-refractivity contribution in [3.8, 4) is 0 Å². The fourth-order valence-corrected chi connectivity index (χ4v) is 8.26. The normalized spacial score (nSPS) is 40.2. The Balaban J connectivity index is 1.98. The van der Waals surface area contributed by atoms with Gasteiger partial charge in [0.1, 0.15) is 6.29 Å². The van der Waals surface area contributed by atoms with Crippen molar-refractivity contribution in [2.45, 2.75) is 79.1 Å². The quantitative estimate of drug-likeness (QED) is 0.222. The summed E-state index contributed by atoms with van der Waals surface area (Å²) < 4.78 is 5.28. The van der Waals surface area contributed by atoms with Gasteiger partial charge >= 0.3 is 5.97 Å². The molecule has 6 heteroatoms. The predicted octanol–water partition coefficient (Wildman–Crippen LogP) is 5.64. The molecule has 0 bridgehead atoms.